The summed E-state index contributed by atoms with van der Waals surface area (Å²) in [6.45, 7) is 13.8. The predicted octanol–water partition coefficient (Wildman–Crippen LogP) is 1.77. The van der Waals surface area contributed by atoms with Gasteiger partial charge < -0.3 is 29.2 Å². The Morgan fingerprint density at radius 1 is 1.18 bits per heavy atom. The minimum atomic E-state index is -2.17. The lowest BCUT2D eigenvalue weighted by atomic mass is 9.53. The first-order valence-electron chi connectivity index (χ1n) is 11.4. The monoisotopic (exact) mass is 498 g/mol. The number of halogens is 1. The Kier molecular flexibility index (Phi) is 5.95. The first kappa shape index (κ1) is 25.2. The molecule has 4 rings (SSSR count). The van der Waals surface area contributed by atoms with E-state index in [9.17, 15) is 24.6 Å². The molecule has 4 fully saturated rings. The van der Waals surface area contributed by atoms with E-state index in [1.807, 2.05) is 0 Å². The molecule has 0 aromatic carbocycles. The van der Waals surface area contributed by atoms with Gasteiger partial charge in [-0.1, -0.05) is 25.7 Å². The molecule has 0 radical (unpaired) electrons. The fourth-order valence-electron chi connectivity index (χ4n) is 6.48. The second-order valence-electron chi connectivity index (χ2n) is 10.1. The van der Waals surface area contributed by atoms with Crippen molar-refractivity contribution in [3.05, 3.63) is 24.3 Å². The molecule has 0 aromatic rings. The number of aliphatic hydroxyl groups is 2. The van der Waals surface area contributed by atoms with Crippen molar-refractivity contribution in [2.75, 3.05) is 0 Å². The Morgan fingerprint density at radius 2 is 1.76 bits per heavy atom. The molecule has 4 aliphatic rings. The summed E-state index contributed by atoms with van der Waals surface area (Å²) in [5.74, 6) is -5.83. The lowest BCUT2D eigenvalue weighted by Gasteiger charge is -2.61. The fraction of sp³-hybridized carbons (Fsp3) is 0.708. The van der Waals surface area contributed by atoms with E-state index in [1.165, 1.54) is 13.8 Å². The molecule has 1 spiro atoms. The third-order valence-corrected chi connectivity index (χ3v) is 8.74. The van der Waals surface area contributed by atoms with Crippen LogP contribution in [0.2, 0.25) is 0 Å². The minimum Gasteiger partial charge on any atom is -0.462 e. The van der Waals surface area contributed by atoms with Crippen molar-refractivity contribution in [2.45, 2.75) is 88.1 Å². The molecule has 10 atom stereocenters. The van der Waals surface area contributed by atoms with Crippen molar-refractivity contribution in [1.29, 1.82) is 0 Å². The summed E-state index contributed by atoms with van der Waals surface area (Å²) >= 11 is 6.65. The van der Waals surface area contributed by atoms with Gasteiger partial charge in [0.25, 0.3) is 0 Å². The standard InChI is InChI=1S/C24H31ClO9/c1-10-7-8-15(31-13(4)26)22(6)16(32-14(5)27)9-23(30)11(2)18(25)20-24(34-23,19(28)17(10)22)12(3)21(29)33-20/h12,15-20,28,30H,1-2,7-9H2,3-6H3/t12-,15-,16-,17+,18-,19-,20-,22+,23?,24+/m0/s1. The molecule has 3 aliphatic heterocycles. The van der Waals surface area contributed by atoms with E-state index in [4.69, 9.17) is 30.5 Å². The van der Waals surface area contributed by atoms with E-state index in [1.54, 1.807) is 13.8 Å². The number of esters is 3. The number of carbonyl (C=O) groups is 3. The Labute approximate surface area is 203 Å². The van der Waals surface area contributed by atoms with Gasteiger partial charge in [-0.2, -0.15) is 0 Å². The van der Waals surface area contributed by atoms with Crippen molar-refractivity contribution in [1.82, 2.24) is 0 Å². The van der Waals surface area contributed by atoms with E-state index in [0.29, 0.717) is 18.4 Å². The highest BCUT2D eigenvalue weighted by Crippen LogP contribution is 2.61. The summed E-state index contributed by atoms with van der Waals surface area (Å²) in [7, 11) is 0. The lowest BCUT2D eigenvalue weighted by molar-refractivity contribution is -0.343. The zero-order valence-electron chi connectivity index (χ0n) is 19.7. The number of carbonyl (C=O) groups excluding carboxylic acids is 3. The molecule has 34 heavy (non-hydrogen) atoms. The van der Waals surface area contributed by atoms with Crippen LogP contribution in [0.5, 0.6) is 0 Å². The molecule has 2 bridgehead atoms. The second kappa shape index (κ2) is 8.05. The van der Waals surface area contributed by atoms with E-state index in [0.717, 1.165) is 0 Å². The van der Waals surface area contributed by atoms with Gasteiger partial charge in [0.15, 0.2) is 11.9 Å². The molecule has 0 aromatic heterocycles. The van der Waals surface area contributed by atoms with Gasteiger partial charge in [0, 0.05) is 31.8 Å². The fourth-order valence-corrected chi connectivity index (χ4v) is 6.90. The molecule has 3 saturated heterocycles. The predicted molar refractivity (Wildman–Crippen MR) is 118 cm³/mol. The molecule has 2 N–H and O–H groups in total. The molecule has 188 valence electrons. The van der Waals surface area contributed by atoms with E-state index in [2.05, 4.69) is 13.2 Å². The summed E-state index contributed by atoms with van der Waals surface area (Å²) in [4.78, 5) is 36.9. The van der Waals surface area contributed by atoms with E-state index in [-0.39, 0.29) is 12.0 Å². The van der Waals surface area contributed by atoms with Crippen LogP contribution in [-0.2, 0) is 33.3 Å². The number of aliphatic hydroxyl groups excluding tert-OH is 1. The van der Waals surface area contributed by atoms with Gasteiger partial charge in [0.1, 0.15) is 17.8 Å². The number of alkyl halides is 1. The third-order valence-electron chi connectivity index (χ3n) is 8.25. The highest BCUT2D eigenvalue weighted by molar-refractivity contribution is 6.23. The zero-order valence-corrected chi connectivity index (χ0v) is 20.5. The summed E-state index contributed by atoms with van der Waals surface area (Å²) in [5, 5.41) is 22.7. The molecule has 1 saturated carbocycles. The summed E-state index contributed by atoms with van der Waals surface area (Å²) in [5.41, 5.74) is -2.35. The van der Waals surface area contributed by atoms with Gasteiger partial charge in [0.2, 0.25) is 0 Å². The molecular weight excluding hydrogens is 468 g/mol. The number of hydrogen-bond donors (Lipinski definition) is 2. The van der Waals surface area contributed by atoms with Crippen LogP contribution in [0.4, 0.5) is 0 Å². The maximum atomic E-state index is 12.7. The van der Waals surface area contributed by atoms with Crippen molar-refractivity contribution in [2.24, 2.45) is 17.3 Å². The molecule has 10 heteroatoms. The first-order valence-corrected chi connectivity index (χ1v) is 11.8. The first-order chi connectivity index (χ1) is 15.7. The molecular formula is C24H31ClO9. The van der Waals surface area contributed by atoms with Crippen LogP contribution in [0, 0.1) is 17.3 Å². The Bertz CT molecular complexity index is 964. The van der Waals surface area contributed by atoms with E-state index < -0.39 is 76.3 Å². The van der Waals surface area contributed by atoms with Gasteiger partial charge in [-0.3, -0.25) is 14.4 Å². The van der Waals surface area contributed by atoms with Crippen LogP contribution in [-0.4, -0.2) is 69.3 Å². The number of ether oxygens (including phenoxy) is 4. The maximum absolute atomic E-state index is 12.7. The van der Waals surface area contributed by atoms with Gasteiger partial charge in [-0.15, -0.1) is 11.6 Å². The van der Waals surface area contributed by atoms with Gasteiger partial charge >= 0.3 is 17.9 Å². The Morgan fingerprint density at radius 3 is 2.35 bits per heavy atom. The quantitative estimate of drug-likeness (QED) is 0.253. The lowest BCUT2D eigenvalue weighted by Crippen LogP contribution is -2.74. The maximum Gasteiger partial charge on any atom is 0.312 e. The number of hydrogen-bond acceptors (Lipinski definition) is 9. The van der Waals surface area contributed by atoms with Crippen LogP contribution >= 0.6 is 11.6 Å². The smallest absolute Gasteiger partial charge is 0.312 e. The van der Waals surface area contributed by atoms with Gasteiger partial charge in [-0.25, -0.2) is 0 Å². The summed E-state index contributed by atoms with van der Waals surface area (Å²) in [6.07, 6.45) is -4.01. The van der Waals surface area contributed by atoms with Crippen LogP contribution in [0.3, 0.4) is 0 Å². The largest absolute Gasteiger partial charge is 0.462 e. The van der Waals surface area contributed by atoms with Gasteiger partial charge in [0.05, 0.1) is 22.8 Å². The zero-order chi connectivity index (χ0) is 25.4. The van der Waals surface area contributed by atoms with Crippen LogP contribution in [0.25, 0.3) is 0 Å². The topological polar surface area (TPSA) is 129 Å². The number of fused-ring (bicyclic) bond motifs is 2. The molecule has 0 amide bonds. The average Bonchev–Trinajstić information content (AvgIpc) is 2.98. The molecule has 3 heterocycles. The van der Waals surface area contributed by atoms with E-state index >= 15 is 0 Å². The van der Waals surface area contributed by atoms with Crippen molar-refractivity contribution in [3.8, 4) is 0 Å². The SMILES string of the molecule is C=C1CC[C@H](OC(C)=O)[C@]2(C)[C@@H](OC(C)=O)CC3(O)O[C@]4([C@@H](C)C(=O)O[C@H]4[C@@H](Cl)C3=C)[C@@H](O)[C@@H]12. The minimum absolute atomic E-state index is 0.0155. The normalized spacial score (nSPS) is 48.1. The Balaban J connectivity index is 1.98. The second-order valence-corrected chi connectivity index (χ2v) is 10.6. The third kappa shape index (κ3) is 3.27. The number of rotatable bonds is 2. The van der Waals surface area contributed by atoms with Crippen LogP contribution < -0.4 is 0 Å². The van der Waals surface area contributed by atoms with Crippen LogP contribution in [0.1, 0.15) is 47.0 Å². The van der Waals surface area contributed by atoms with Crippen molar-refractivity contribution < 1.29 is 43.5 Å². The summed E-state index contributed by atoms with van der Waals surface area (Å²) in [6, 6.07) is 0. The molecule has 9 nitrogen and oxygen atoms in total. The highest BCUT2D eigenvalue weighted by Gasteiger charge is 2.75. The Hall–Kier alpha value is -1.94. The molecule has 1 aliphatic carbocycles. The van der Waals surface area contributed by atoms with Crippen molar-refractivity contribution in [3.63, 3.8) is 0 Å². The molecule has 1 unspecified atom stereocenters. The average molecular weight is 499 g/mol. The van der Waals surface area contributed by atoms with Crippen LogP contribution in [0.15, 0.2) is 24.3 Å². The van der Waals surface area contributed by atoms with Gasteiger partial charge in [-0.05, 0) is 19.8 Å². The highest BCUT2D eigenvalue weighted by atomic mass is 35.5. The van der Waals surface area contributed by atoms with Crippen molar-refractivity contribution >= 4 is 29.5 Å². The summed E-state index contributed by atoms with van der Waals surface area (Å²) < 4.78 is 23.1.